The van der Waals surface area contributed by atoms with E-state index in [-0.39, 0.29) is 44.1 Å². The molecular weight excluding hydrogens is 1020 g/mol. The van der Waals surface area contributed by atoms with Gasteiger partial charge in [-0.05, 0) is 101 Å². The van der Waals surface area contributed by atoms with Crippen molar-refractivity contribution in [2.45, 2.75) is 201 Å². The topological polar surface area (TPSA) is 285 Å². The quantitative estimate of drug-likeness (QED) is 0.117. The number of esters is 2. The van der Waals surface area contributed by atoms with Crippen molar-refractivity contribution in [2.24, 2.45) is 41.4 Å². The molecule has 6 amide bonds. The first-order valence-electron chi connectivity index (χ1n) is 28.3. The Hall–Kier alpha value is -5.96. The molecule has 2 aliphatic heterocycles. The molecule has 2 saturated heterocycles. The summed E-state index contributed by atoms with van der Waals surface area (Å²) in [4.78, 5) is 147. The van der Waals surface area contributed by atoms with Gasteiger partial charge < -0.3 is 55.1 Å². The number of fused-ring (bicyclic) bond motifs is 1. The van der Waals surface area contributed by atoms with Gasteiger partial charge >= 0.3 is 11.9 Å². The number of ketones is 2. The molecule has 0 bridgehead atoms. The zero-order valence-corrected chi connectivity index (χ0v) is 48.9. The molecule has 0 aromatic heterocycles. The second-order valence-electron chi connectivity index (χ2n) is 23.3. The summed E-state index contributed by atoms with van der Waals surface area (Å²) in [6, 6.07) is -1.14. The van der Waals surface area contributed by atoms with E-state index in [4.69, 9.17) is 14.2 Å². The number of carbonyl (C=O) groups is 10. The Morgan fingerprint density at radius 1 is 0.848 bits per heavy atom. The van der Waals surface area contributed by atoms with Gasteiger partial charge in [0.15, 0.2) is 17.7 Å². The molecule has 21 heteroatoms. The third kappa shape index (κ3) is 17.0. The van der Waals surface area contributed by atoms with E-state index in [2.05, 4.69) is 16.0 Å². The van der Waals surface area contributed by atoms with Crippen LogP contribution < -0.4 is 20.7 Å². The standard InChI is InChI=1S/C58H90N6O15/c1-15-33(8)47-45(66)29-46(67)79-51(32(6)7)49(68)34(9)52(70)59-41(26-30(2)3)56(74)64-25-17-20-42(64)57(75)63(13)44(28-37-21-23-38(77-14)24-22-37)58(76)78-36(11)48(54(72)60-47)61-53(71)43(27-31(4)5)62(12)55(73)40-19-16-18-39(40)50(69)35(10)65/h21-24,30-36,39-45,47-48,51,65-66H,15-20,25-29H2,1-14H3,(H,59,70)(H,60,72)(H,61,71). The van der Waals surface area contributed by atoms with Crippen molar-refractivity contribution in [3.05, 3.63) is 29.8 Å². The van der Waals surface area contributed by atoms with Crippen molar-refractivity contribution in [1.29, 1.82) is 0 Å². The van der Waals surface area contributed by atoms with E-state index in [0.717, 1.165) is 0 Å². The summed E-state index contributed by atoms with van der Waals surface area (Å²) in [6.07, 6.45) is -4.34. The van der Waals surface area contributed by atoms with Gasteiger partial charge in [0.05, 0.1) is 31.6 Å². The van der Waals surface area contributed by atoms with E-state index in [1.165, 1.54) is 56.7 Å². The average molecular weight is 1110 g/mol. The molecule has 3 fully saturated rings. The fourth-order valence-electron chi connectivity index (χ4n) is 10.9. The first-order chi connectivity index (χ1) is 37.0. The van der Waals surface area contributed by atoms with Crippen LogP contribution in [0.3, 0.4) is 0 Å². The molecule has 3 aliphatic rings. The van der Waals surface area contributed by atoms with E-state index in [1.807, 2.05) is 27.7 Å². The molecule has 4 rings (SSSR count). The minimum absolute atomic E-state index is 0.0905. The SMILES string of the molecule is CCC(C)C1NC(=O)C(NC(=O)C(CC(C)C)N(C)C(=O)C2CCCC2C(=O)C(C)O)C(C)OC(=O)C(Cc2ccc(OC)cc2)N(C)C(=O)C2CCCN2C(=O)C(CC(C)C)NC(=O)C(C)C(=O)C(C(C)C)OC(=O)CC1O. The minimum Gasteiger partial charge on any atom is -0.497 e. The number of nitrogens with one attached hydrogen (secondary N) is 3. The van der Waals surface area contributed by atoms with E-state index < -0.39 is 156 Å². The van der Waals surface area contributed by atoms with Gasteiger partial charge in [0.2, 0.25) is 35.4 Å². The Bertz CT molecular complexity index is 2320. The second kappa shape index (κ2) is 29.5. The van der Waals surface area contributed by atoms with Crippen LogP contribution in [0.2, 0.25) is 0 Å². The van der Waals surface area contributed by atoms with Crippen LogP contribution in [0.25, 0.3) is 0 Å². The van der Waals surface area contributed by atoms with Gasteiger partial charge in [-0.25, -0.2) is 4.79 Å². The molecule has 21 nitrogen and oxygen atoms in total. The van der Waals surface area contributed by atoms with Gasteiger partial charge in [-0.3, -0.25) is 43.2 Å². The van der Waals surface area contributed by atoms with E-state index in [9.17, 15) is 53.4 Å². The molecule has 14 unspecified atom stereocenters. The van der Waals surface area contributed by atoms with Crippen molar-refractivity contribution in [3.8, 4) is 5.75 Å². The highest BCUT2D eigenvalue weighted by atomic mass is 16.6. The Morgan fingerprint density at radius 2 is 1.48 bits per heavy atom. The van der Waals surface area contributed by atoms with Gasteiger partial charge in [-0.2, -0.15) is 0 Å². The summed E-state index contributed by atoms with van der Waals surface area (Å²) in [5.74, 6) is -11.5. The molecule has 1 aliphatic carbocycles. The highest BCUT2D eigenvalue weighted by Gasteiger charge is 2.46. The molecule has 0 spiro atoms. The summed E-state index contributed by atoms with van der Waals surface area (Å²) in [5.41, 5.74) is 0.574. The third-order valence-corrected chi connectivity index (χ3v) is 15.9. The minimum atomic E-state index is -1.75. The summed E-state index contributed by atoms with van der Waals surface area (Å²) >= 11 is 0. The van der Waals surface area contributed by atoms with Crippen molar-refractivity contribution in [1.82, 2.24) is 30.7 Å². The van der Waals surface area contributed by atoms with Crippen molar-refractivity contribution in [3.63, 3.8) is 0 Å². The maximum atomic E-state index is 15.0. The molecular formula is C58H90N6O15. The highest BCUT2D eigenvalue weighted by molar-refractivity contribution is 6.05. The van der Waals surface area contributed by atoms with Crippen molar-refractivity contribution >= 4 is 58.9 Å². The number of hydrogen-bond acceptors (Lipinski definition) is 15. The first kappa shape index (κ1) is 65.6. The van der Waals surface area contributed by atoms with E-state index in [1.54, 1.807) is 52.0 Å². The number of aliphatic hydroxyl groups excluding tert-OH is 2. The summed E-state index contributed by atoms with van der Waals surface area (Å²) in [6.45, 7) is 18.3. The Balaban J connectivity index is 1.89. The van der Waals surface area contributed by atoms with E-state index in [0.29, 0.717) is 43.4 Å². The normalized spacial score (nSPS) is 28.6. The maximum absolute atomic E-state index is 15.0. The highest BCUT2D eigenvalue weighted by Crippen LogP contribution is 2.35. The number of amides is 6. The van der Waals surface area contributed by atoms with Crippen molar-refractivity contribution in [2.75, 3.05) is 27.7 Å². The number of hydrogen-bond donors (Lipinski definition) is 5. The largest absolute Gasteiger partial charge is 0.497 e. The first-order valence-corrected chi connectivity index (χ1v) is 28.3. The van der Waals surface area contributed by atoms with Gasteiger partial charge in [-0.15, -0.1) is 0 Å². The molecule has 1 aromatic carbocycles. The number of carbonyl (C=O) groups excluding carboxylic acids is 10. The Morgan fingerprint density at radius 3 is 2.05 bits per heavy atom. The number of nitrogens with zero attached hydrogens (tertiary/aromatic N) is 3. The fraction of sp³-hybridized carbons (Fsp3) is 0.724. The zero-order valence-electron chi connectivity index (χ0n) is 48.9. The predicted octanol–water partition coefficient (Wildman–Crippen LogP) is 3.31. The van der Waals surface area contributed by atoms with Crippen LogP contribution in [-0.2, 0) is 63.8 Å². The maximum Gasteiger partial charge on any atom is 0.329 e. The lowest BCUT2D eigenvalue weighted by molar-refractivity contribution is -0.163. The van der Waals surface area contributed by atoms with Gasteiger partial charge in [0, 0.05) is 38.9 Å². The predicted molar refractivity (Wildman–Crippen MR) is 291 cm³/mol. The van der Waals surface area contributed by atoms with Gasteiger partial charge in [0.25, 0.3) is 0 Å². The number of rotatable bonds is 16. The molecule has 2 heterocycles. The monoisotopic (exact) mass is 1110 g/mol. The van der Waals surface area contributed by atoms with Crippen LogP contribution in [0, 0.1) is 41.4 Å². The van der Waals surface area contributed by atoms with Crippen LogP contribution in [0.4, 0.5) is 0 Å². The summed E-state index contributed by atoms with van der Waals surface area (Å²) in [5, 5.41) is 30.3. The number of methoxy groups -OCH3 is 1. The molecule has 1 aromatic rings. The lowest BCUT2D eigenvalue weighted by Crippen LogP contribution is -2.62. The molecule has 1 saturated carbocycles. The molecule has 14 atom stereocenters. The van der Waals surface area contributed by atoms with Crippen LogP contribution in [0.15, 0.2) is 24.3 Å². The number of cyclic esters (lactones) is 2. The number of likely N-dealkylation sites (N-methyl/N-ethyl adjacent to an activating group) is 2. The van der Waals surface area contributed by atoms with Crippen LogP contribution in [0.5, 0.6) is 5.75 Å². The number of Topliss-reactive ketones (excluding diaryl/α,β-unsaturated/α-hetero) is 2. The number of ether oxygens (including phenoxy) is 3. The Kier molecular flexibility index (Phi) is 24.5. The molecule has 442 valence electrons. The summed E-state index contributed by atoms with van der Waals surface area (Å²) in [7, 11) is 4.32. The molecule has 79 heavy (non-hydrogen) atoms. The fourth-order valence-corrected chi connectivity index (χ4v) is 10.9. The summed E-state index contributed by atoms with van der Waals surface area (Å²) < 4.78 is 17.2. The number of benzene rings is 1. The molecule has 0 radical (unpaired) electrons. The lowest BCUT2D eigenvalue weighted by Gasteiger charge is -2.36. The van der Waals surface area contributed by atoms with Crippen LogP contribution in [-0.4, -0.2) is 172 Å². The lowest BCUT2D eigenvalue weighted by atomic mass is 9.88. The van der Waals surface area contributed by atoms with Crippen molar-refractivity contribution < 1.29 is 72.4 Å². The van der Waals surface area contributed by atoms with Gasteiger partial charge in [-0.1, -0.05) is 80.4 Å². The van der Waals surface area contributed by atoms with Gasteiger partial charge in [0.1, 0.15) is 48.2 Å². The zero-order chi connectivity index (χ0) is 59.3. The third-order valence-electron chi connectivity index (χ3n) is 15.9. The van der Waals surface area contributed by atoms with Crippen LogP contribution >= 0.6 is 0 Å². The Labute approximate surface area is 466 Å². The average Bonchev–Trinajstić information content (AvgIpc) is 4.13. The second-order valence-corrected chi connectivity index (χ2v) is 23.3. The van der Waals surface area contributed by atoms with E-state index >= 15 is 4.79 Å². The van der Waals surface area contributed by atoms with Crippen LogP contribution in [0.1, 0.15) is 140 Å². The number of aliphatic hydroxyl groups is 2. The smallest absolute Gasteiger partial charge is 0.329 e. The molecule has 5 N–H and O–H groups in total.